The molecule has 1 atom stereocenters. The molecule has 1 heterocycles. The fourth-order valence-corrected chi connectivity index (χ4v) is 2.92. The van der Waals surface area contributed by atoms with Crippen LogP contribution in [-0.2, 0) is 4.79 Å². The third kappa shape index (κ3) is 4.74. The maximum Gasteiger partial charge on any atom is 0.221 e. The normalized spacial score (nSPS) is 17.7. The number of anilines is 1. The number of likely N-dealkylation sites (N-methyl/N-ethyl adjacent to an activating group) is 1. The van der Waals surface area contributed by atoms with Gasteiger partial charge in [0.05, 0.1) is 0 Å². The Hall–Kier alpha value is -1.55. The molecule has 0 radical (unpaired) electrons. The lowest BCUT2D eigenvalue weighted by Crippen LogP contribution is -2.37. The van der Waals surface area contributed by atoms with E-state index in [0.29, 0.717) is 19.0 Å². The predicted molar refractivity (Wildman–Crippen MR) is 87.7 cm³/mol. The standard InChI is InChI=1S/C17H27N3O/c1-3-20(16-9-5-4-7-14(16)2)12-11-19-17(21)13-15-8-6-10-18-15/h4-5,7,9,15,18H,3,6,8,10-13H2,1-2H3,(H,19,21). The average Bonchev–Trinajstić information content (AvgIpc) is 2.97. The molecule has 0 bridgehead atoms. The van der Waals surface area contributed by atoms with Crippen LogP contribution in [0.5, 0.6) is 0 Å². The van der Waals surface area contributed by atoms with E-state index >= 15 is 0 Å². The number of benzene rings is 1. The third-order valence-electron chi connectivity index (χ3n) is 4.14. The molecule has 2 rings (SSSR count). The highest BCUT2D eigenvalue weighted by Crippen LogP contribution is 2.18. The van der Waals surface area contributed by atoms with Gasteiger partial charge in [0.1, 0.15) is 0 Å². The molecule has 4 heteroatoms. The number of amides is 1. The number of aryl methyl sites for hydroxylation is 1. The van der Waals surface area contributed by atoms with E-state index in [-0.39, 0.29) is 5.91 Å². The second-order valence-electron chi connectivity index (χ2n) is 5.71. The first-order valence-corrected chi connectivity index (χ1v) is 8.01. The SMILES string of the molecule is CCN(CCNC(=O)CC1CCCN1)c1ccccc1C. The minimum atomic E-state index is 0.162. The van der Waals surface area contributed by atoms with Crippen LogP contribution in [0.15, 0.2) is 24.3 Å². The van der Waals surface area contributed by atoms with Crippen LogP contribution < -0.4 is 15.5 Å². The summed E-state index contributed by atoms with van der Waals surface area (Å²) in [7, 11) is 0. The molecule has 1 aliphatic rings. The van der Waals surface area contributed by atoms with Gasteiger partial charge in [-0.15, -0.1) is 0 Å². The van der Waals surface area contributed by atoms with Crippen LogP contribution in [0.2, 0.25) is 0 Å². The lowest BCUT2D eigenvalue weighted by Gasteiger charge is -2.25. The zero-order chi connectivity index (χ0) is 15.1. The van der Waals surface area contributed by atoms with Crippen molar-refractivity contribution in [3.05, 3.63) is 29.8 Å². The van der Waals surface area contributed by atoms with Gasteiger partial charge in [-0.05, 0) is 44.9 Å². The molecule has 1 amide bonds. The summed E-state index contributed by atoms with van der Waals surface area (Å²) in [4.78, 5) is 14.2. The second kappa shape index (κ2) is 8.03. The summed E-state index contributed by atoms with van der Waals surface area (Å²) in [5.74, 6) is 0.162. The van der Waals surface area contributed by atoms with Gasteiger partial charge >= 0.3 is 0 Å². The fourth-order valence-electron chi connectivity index (χ4n) is 2.92. The van der Waals surface area contributed by atoms with Crippen LogP contribution in [0.25, 0.3) is 0 Å². The molecule has 0 spiro atoms. The first-order chi connectivity index (χ1) is 10.2. The quantitative estimate of drug-likeness (QED) is 0.808. The van der Waals surface area contributed by atoms with Crippen LogP contribution in [0.4, 0.5) is 5.69 Å². The van der Waals surface area contributed by atoms with Crippen molar-refractivity contribution in [1.29, 1.82) is 0 Å². The minimum Gasteiger partial charge on any atom is -0.370 e. The monoisotopic (exact) mass is 289 g/mol. The summed E-state index contributed by atoms with van der Waals surface area (Å²) in [5.41, 5.74) is 2.53. The van der Waals surface area contributed by atoms with E-state index in [1.165, 1.54) is 17.7 Å². The van der Waals surface area contributed by atoms with E-state index in [9.17, 15) is 4.79 Å². The number of rotatable bonds is 7. The van der Waals surface area contributed by atoms with Crippen molar-refractivity contribution in [1.82, 2.24) is 10.6 Å². The van der Waals surface area contributed by atoms with Gasteiger partial charge in [-0.2, -0.15) is 0 Å². The van der Waals surface area contributed by atoms with Gasteiger partial charge < -0.3 is 15.5 Å². The molecule has 21 heavy (non-hydrogen) atoms. The van der Waals surface area contributed by atoms with E-state index in [4.69, 9.17) is 0 Å². The lowest BCUT2D eigenvalue weighted by atomic mass is 10.1. The average molecular weight is 289 g/mol. The maximum absolute atomic E-state index is 11.9. The molecule has 0 saturated carbocycles. The van der Waals surface area contributed by atoms with Gasteiger partial charge in [0.15, 0.2) is 0 Å². The molecule has 1 aliphatic heterocycles. The Morgan fingerprint density at radius 2 is 2.24 bits per heavy atom. The molecular weight excluding hydrogens is 262 g/mol. The molecule has 1 fully saturated rings. The van der Waals surface area contributed by atoms with Gasteiger partial charge in [-0.3, -0.25) is 4.79 Å². The summed E-state index contributed by atoms with van der Waals surface area (Å²) in [6.45, 7) is 7.83. The molecule has 2 N–H and O–H groups in total. The zero-order valence-corrected chi connectivity index (χ0v) is 13.2. The maximum atomic E-state index is 11.9. The molecule has 1 saturated heterocycles. The molecule has 4 nitrogen and oxygen atoms in total. The number of nitrogens with one attached hydrogen (secondary N) is 2. The number of nitrogens with zero attached hydrogens (tertiary/aromatic N) is 1. The highest BCUT2D eigenvalue weighted by molar-refractivity contribution is 5.76. The number of hydrogen-bond acceptors (Lipinski definition) is 3. The smallest absolute Gasteiger partial charge is 0.221 e. The van der Waals surface area contributed by atoms with E-state index < -0.39 is 0 Å². The van der Waals surface area contributed by atoms with E-state index in [0.717, 1.165) is 26.1 Å². The summed E-state index contributed by atoms with van der Waals surface area (Å²) >= 11 is 0. The molecule has 1 unspecified atom stereocenters. The van der Waals surface area contributed by atoms with Gasteiger partial charge in [0, 0.05) is 37.8 Å². The van der Waals surface area contributed by atoms with Crippen molar-refractivity contribution < 1.29 is 4.79 Å². The van der Waals surface area contributed by atoms with Crippen LogP contribution in [0, 0.1) is 6.92 Å². The molecular formula is C17H27N3O. The molecule has 1 aromatic rings. The first-order valence-electron chi connectivity index (χ1n) is 8.01. The van der Waals surface area contributed by atoms with Crippen LogP contribution >= 0.6 is 0 Å². The number of carbonyl (C=O) groups is 1. The summed E-state index contributed by atoms with van der Waals surface area (Å²) in [6.07, 6.45) is 2.92. The molecule has 116 valence electrons. The van der Waals surface area contributed by atoms with Crippen molar-refractivity contribution in [3.8, 4) is 0 Å². The Kier molecular flexibility index (Phi) is 6.05. The van der Waals surface area contributed by atoms with Crippen LogP contribution in [0.3, 0.4) is 0 Å². The molecule has 0 aromatic heterocycles. The summed E-state index contributed by atoms with van der Waals surface area (Å²) < 4.78 is 0. The van der Waals surface area contributed by atoms with Crippen molar-refractivity contribution in [3.63, 3.8) is 0 Å². The minimum absolute atomic E-state index is 0.162. The van der Waals surface area contributed by atoms with Crippen molar-refractivity contribution >= 4 is 11.6 Å². The topological polar surface area (TPSA) is 44.4 Å². The van der Waals surface area contributed by atoms with Crippen molar-refractivity contribution in [2.24, 2.45) is 0 Å². The Labute approximate surface area is 127 Å². The fraction of sp³-hybridized carbons (Fsp3) is 0.588. The number of para-hydroxylation sites is 1. The highest BCUT2D eigenvalue weighted by atomic mass is 16.1. The molecule has 0 aliphatic carbocycles. The largest absolute Gasteiger partial charge is 0.370 e. The summed E-state index contributed by atoms with van der Waals surface area (Å²) in [5, 5.41) is 6.40. The number of hydrogen-bond donors (Lipinski definition) is 2. The van der Waals surface area contributed by atoms with Gasteiger partial charge in [-0.25, -0.2) is 0 Å². The number of carbonyl (C=O) groups excluding carboxylic acids is 1. The van der Waals surface area contributed by atoms with Gasteiger partial charge in [0.25, 0.3) is 0 Å². The highest BCUT2D eigenvalue weighted by Gasteiger charge is 2.17. The van der Waals surface area contributed by atoms with Gasteiger partial charge in [-0.1, -0.05) is 18.2 Å². The summed E-state index contributed by atoms with van der Waals surface area (Å²) in [6, 6.07) is 8.77. The van der Waals surface area contributed by atoms with Crippen LogP contribution in [-0.4, -0.2) is 38.1 Å². The van der Waals surface area contributed by atoms with E-state index in [2.05, 4.69) is 53.6 Å². The van der Waals surface area contributed by atoms with Crippen LogP contribution in [0.1, 0.15) is 31.7 Å². The van der Waals surface area contributed by atoms with E-state index in [1.807, 2.05) is 0 Å². The van der Waals surface area contributed by atoms with Crippen molar-refractivity contribution in [2.75, 3.05) is 31.1 Å². The Balaban J connectivity index is 1.75. The van der Waals surface area contributed by atoms with Crippen molar-refractivity contribution in [2.45, 2.75) is 39.2 Å². The zero-order valence-electron chi connectivity index (χ0n) is 13.2. The Bertz CT molecular complexity index is 455. The van der Waals surface area contributed by atoms with Gasteiger partial charge in [0.2, 0.25) is 5.91 Å². The third-order valence-corrected chi connectivity index (χ3v) is 4.14. The lowest BCUT2D eigenvalue weighted by molar-refractivity contribution is -0.121. The molecule has 1 aromatic carbocycles. The Morgan fingerprint density at radius 1 is 1.43 bits per heavy atom. The first kappa shape index (κ1) is 15.8. The van der Waals surface area contributed by atoms with E-state index in [1.54, 1.807) is 0 Å². The predicted octanol–water partition coefficient (Wildman–Crippen LogP) is 2.08. The Morgan fingerprint density at radius 3 is 2.90 bits per heavy atom. The second-order valence-corrected chi connectivity index (χ2v) is 5.71.